The maximum Gasteiger partial charge on any atom is 0.239 e. The molecule has 2 amide bonds. The molecule has 1 aromatic heterocycles. The number of nitrogens with zero attached hydrogens (tertiary/aromatic N) is 2. The van der Waals surface area contributed by atoms with Gasteiger partial charge in [0.2, 0.25) is 11.8 Å². The van der Waals surface area contributed by atoms with Crippen LogP contribution in [0.4, 0.5) is 5.82 Å². The Hall–Kier alpha value is -1.65. The zero-order chi connectivity index (χ0) is 12.9. The maximum atomic E-state index is 12.3. The van der Waals surface area contributed by atoms with Crippen LogP contribution in [-0.2, 0) is 9.59 Å². The molecule has 0 unspecified atom stereocenters. The molecule has 1 aliphatic heterocycles. The van der Waals surface area contributed by atoms with E-state index in [-0.39, 0.29) is 23.7 Å². The van der Waals surface area contributed by atoms with Crippen molar-refractivity contribution in [2.24, 2.45) is 17.8 Å². The van der Waals surface area contributed by atoms with Crippen LogP contribution in [0, 0.1) is 24.7 Å². The van der Waals surface area contributed by atoms with Gasteiger partial charge in [-0.05, 0) is 32.1 Å². The topological polar surface area (TPSA) is 63.4 Å². The fourth-order valence-corrected chi connectivity index (χ4v) is 3.07. The second-order valence-electron chi connectivity index (χ2n) is 5.44. The van der Waals surface area contributed by atoms with Crippen LogP contribution in [-0.4, -0.2) is 17.0 Å². The smallest absolute Gasteiger partial charge is 0.239 e. The Morgan fingerprint density at radius 2 is 2.00 bits per heavy atom. The molecule has 0 radical (unpaired) electrons. The highest BCUT2D eigenvalue weighted by Crippen LogP contribution is 2.41. The van der Waals surface area contributed by atoms with Crippen LogP contribution in [0.1, 0.15) is 31.9 Å². The van der Waals surface area contributed by atoms with E-state index in [1.807, 2.05) is 0 Å². The summed E-state index contributed by atoms with van der Waals surface area (Å²) < 4.78 is 4.95. The summed E-state index contributed by atoms with van der Waals surface area (Å²) in [4.78, 5) is 25.8. The Balaban J connectivity index is 1.93. The highest BCUT2D eigenvalue weighted by atomic mass is 16.5. The normalized spacial score (nSPS) is 31.9. The van der Waals surface area contributed by atoms with E-state index in [0.717, 1.165) is 19.3 Å². The molecule has 1 aromatic rings. The molecule has 1 saturated heterocycles. The molecular formula is C13H16N2O3. The Labute approximate surface area is 105 Å². The van der Waals surface area contributed by atoms with Crippen molar-refractivity contribution in [3.8, 4) is 0 Å². The molecule has 1 saturated carbocycles. The van der Waals surface area contributed by atoms with Gasteiger partial charge in [-0.1, -0.05) is 12.1 Å². The molecular weight excluding hydrogens is 232 g/mol. The number of rotatable bonds is 1. The van der Waals surface area contributed by atoms with Crippen molar-refractivity contribution in [2.45, 2.75) is 33.1 Å². The molecule has 3 atom stereocenters. The monoisotopic (exact) mass is 248 g/mol. The molecule has 2 heterocycles. The average Bonchev–Trinajstić information content (AvgIpc) is 2.84. The van der Waals surface area contributed by atoms with Crippen molar-refractivity contribution in [3.63, 3.8) is 0 Å². The number of carbonyl (C=O) groups excluding carboxylic acids is 2. The van der Waals surface area contributed by atoms with E-state index in [0.29, 0.717) is 17.5 Å². The predicted octanol–water partition coefficient (Wildman–Crippen LogP) is 1.91. The van der Waals surface area contributed by atoms with Crippen LogP contribution in [0.5, 0.6) is 0 Å². The van der Waals surface area contributed by atoms with Gasteiger partial charge in [-0.2, -0.15) is 0 Å². The fourth-order valence-electron chi connectivity index (χ4n) is 3.07. The Bertz CT molecular complexity index is 508. The summed E-state index contributed by atoms with van der Waals surface area (Å²) in [7, 11) is 0. The van der Waals surface area contributed by atoms with E-state index in [9.17, 15) is 9.59 Å². The standard InChI is InChI=1S/C13H16N2O3/c1-7-3-4-9-10(5-7)13(17)15(12(9)16)11-6-8(2)18-14-11/h6-7,9-10H,3-5H2,1-2H3/t7-,9-,10-/m1/s1. The quantitative estimate of drug-likeness (QED) is 0.712. The summed E-state index contributed by atoms with van der Waals surface area (Å²) in [5.74, 6) is 0.944. The van der Waals surface area contributed by atoms with Crippen LogP contribution in [0.15, 0.2) is 10.6 Å². The van der Waals surface area contributed by atoms with Gasteiger partial charge in [0, 0.05) is 6.07 Å². The third-order valence-electron chi connectivity index (χ3n) is 4.03. The van der Waals surface area contributed by atoms with Gasteiger partial charge < -0.3 is 4.52 Å². The van der Waals surface area contributed by atoms with Gasteiger partial charge in [-0.3, -0.25) is 9.59 Å². The van der Waals surface area contributed by atoms with Crippen LogP contribution in [0.25, 0.3) is 0 Å². The summed E-state index contributed by atoms with van der Waals surface area (Å²) >= 11 is 0. The number of imide groups is 1. The summed E-state index contributed by atoms with van der Waals surface area (Å²) in [6, 6.07) is 1.64. The summed E-state index contributed by atoms with van der Waals surface area (Å²) in [6.07, 6.45) is 2.64. The van der Waals surface area contributed by atoms with Gasteiger partial charge in [-0.25, -0.2) is 4.90 Å². The van der Waals surface area contributed by atoms with Crippen molar-refractivity contribution in [2.75, 3.05) is 4.90 Å². The number of aromatic nitrogens is 1. The Morgan fingerprint density at radius 3 is 2.67 bits per heavy atom. The molecule has 5 heteroatoms. The minimum atomic E-state index is -0.154. The van der Waals surface area contributed by atoms with E-state index in [2.05, 4.69) is 12.1 Å². The lowest BCUT2D eigenvalue weighted by molar-refractivity contribution is -0.122. The van der Waals surface area contributed by atoms with Gasteiger partial charge in [0.05, 0.1) is 11.8 Å². The van der Waals surface area contributed by atoms with Crippen molar-refractivity contribution in [1.82, 2.24) is 5.16 Å². The zero-order valence-corrected chi connectivity index (χ0v) is 10.5. The molecule has 0 aromatic carbocycles. The molecule has 0 bridgehead atoms. The van der Waals surface area contributed by atoms with E-state index in [1.165, 1.54) is 4.90 Å². The number of amides is 2. The molecule has 96 valence electrons. The summed E-state index contributed by atoms with van der Waals surface area (Å²) in [6.45, 7) is 3.88. The number of aryl methyl sites for hydroxylation is 1. The Morgan fingerprint density at radius 1 is 1.28 bits per heavy atom. The van der Waals surface area contributed by atoms with Gasteiger partial charge >= 0.3 is 0 Å². The molecule has 2 aliphatic rings. The van der Waals surface area contributed by atoms with Crippen LogP contribution in [0.3, 0.4) is 0 Å². The van der Waals surface area contributed by atoms with Crippen LogP contribution < -0.4 is 4.90 Å². The number of hydrogen-bond donors (Lipinski definition) is 0. The van der Waals surface area contributed by atoms with Gasteiger partial charge in [0.1, 0.15) is 5.76 Å². The minimum absolute atomic E-state index is 0.106. The lowest BCUT2D eigenvalue weighted by Gasteiger charge is -2.25. The highest BCUT2D eigenvalue weighted by molar-refractivity contribution is 6.21. The van der Waals surface area contributed by atoms with Crippen molar-refractivity contribution < 1.29 is 14.1 Å². The molecule has 18 heavy (non-hydrogen) atoms. The SMILES string of the molecule is Cc1cc(N2C(=O)[C@@H]3CC[C@@H](C)C[C@H]3C2=O)no1. The first kappa shape index (κ1) is 11.4. The van der Waals surface area contributed by atoms with E-state index in [1.54, 1.807) is 13.0 Å². The fraction of sp³-hybridized carbons (Fsp3) is 0.615. The second kappa shape index (κ2) is 3.93. The number of anilines is 1. The maximum absolute atomic E-state index is 12.3. The van der Waals surface area contributed by atoms with E-state index >= 15 is 0 Å². The van der Waals surface area contributed by atoms with Crippen molar-refractivity contribution in [3.05, 3.63) is 11.8 Å². The number of hydrogen-bond acceptors (Lipinski definition) is 4. The average molecular weight is 248 g/mol. The Kier molecular flexibility index (Phi) is 2.50. The van der Waals surface area contributed by atoms with E-state index in [4.69, 9.17) is 4.52 Å². The molecule has 3 rings (SSSR count). The minimum Gasteiger partial charge on any atom is -0.360 e. The largest absolute Gasteiger partial charge is 0.360 e. The number of fused-ring (bicyclic) bond motifs is 1. The second-order valence-corrected chi connectivity index (χ2v) is 5.44. The lowest BCUT2D eigenvalue weighted by atomic mass is 9.76. The molecule has 2 fully saturated rings. The third kappa shape index (κ3) is 1.57. The van der Waals surface area contributed by atoms with Crippen LogP contribution >= 0.6 is 0 Å². The van der Waals surface area contributed by atoms with Crippen molar-refractivity contribution >= 4 is 17.6 Å². The molecule has 0 spiro atoms. The van der Waals surface area contributed by atoms with Gasteiger partial charge in [0.15, 0.2) is 5.82 Å². The third-order valence-corrected chi connectivity index (χ3v) is 4.03. The predicted molar refractivity (Wildman–Crippen MR) is 63.7 cm³/mol. The first-order chi connectivity index (χ1) is 8.58. The van der Waals surface area contributed by atoms with E-state index < -0.39 is 0 Å². The van der Waals surface area contributed by atoms with Crippen LogP contribution in [0.2, 0.25) is 0 Å². The number of carbonyl (C=O) groups is 2. The molecule has 1 aliphatic carbocycles. The molecule has 5 nitrogen and oxygen atoms in total. The van der Waals surface area contributed by atoms with Gasteiger partial charge in [0.25, 0.3) is 0 Å². The summed E-state index contributed by atoms with van der Waals surface area (Å²) in [5, 5.41) is 3.78. The van der Waals surface area contributed by atoms with Crippen molar-refractivity contribution in [1.29, 1.82) is 0 Å². The first-order valence-corrected chi connectivity index (χ1v) is 6.39. The lowest BCUT2D eigenvalue weighted by Crippen LogP contribution is -2.31. The zero-order valence-electron chi connectivity index (χ0n) is 10.5. The summed E-state index contributed by atoms with van der Waals surface area (Å²) in [5.41, 5.74) is 0. The molecule has 0 N–H and O–H groups in total. The first-order valence-electron chi connectivity index (χ1n) is 6.39. The highest BCUT2D eigenvalue weighted by Gasteiger charge is 2.50. The van der Waals surface area contributed by atoms with Gasteiger partial charge in [-0.15, -0.1) is 0 Å².